The highest BCUT2D eigenvalue weighted by Crippen LogP contribution is 2.40. The second-order valence-corrected chi connectivity index (χ2v) is 6.59. The fourth-order valence-electron chi connectivity index (χ4n) is 2.52. The molecule has 0 radical (unpaired) electrons. The first-order valence-corrected chi connectivity index (χ1v) is 8.51. The van der Waals surface area contributed by atoms with E-state index >= 15 is 0 Å². The Morgan fingerprint density at radius 2 is 1.92 bits per heavy atom. The molecule has 0 aromatic heterocycles. The van der Waals surface area contributed by atoms with Crippen LogP contribution in [0.3, 0.4) is 0 Å². The Bertz CT molecular complexity index is 818. The lowest BCUT2D eigenvalue weighted by Crippen LogP contribution is -2.27. The molecule has 1 heterocycles. The van der Waals surface area contributed by atoms with Crippen molar-refractivity contribution in [3.8, 4) is 11.5 Å². The Balaban J connectivity index is 1.72. The third-order valence-corrected chi connectivity index (χ3v) is 4.68. The molecule has 1 aliphatic heterocycles. The molecule has 130 valence electrons. The Hall–Kier alpha value is -2.17. The molecule has 1 aliphatic rings. The van der Waals surface area contributed by atoms with Crippen LogP contribution in [0.1, 0.15) is 24.1 Å². The largest absolute Gasteiger partial charge is 0.454 e. The molecule has 1 unspecified atom stereocenters. The molecule has 2 aromatic rings. The van der Waals surface area contributed by atoms with Gasteiger partial charge in [-0.2, -0.15) is 0 Å². The van der Waals surface area contributed by atoms with Gasteiger partial charge in [0.05, 0.1) is 11.1 Å². The molecule has 1 amide bonds. The summed E-state index contributed by atoms with van der Waals surface area (Å²) < 4.78 is 10.6. The van der Waals surface area contributed by atoms with E-state index in [2.05, 4.69) is 0 Å². The van der Waals surface area contributed by atoms with Crippen molar-refractivity contribution < 1.29 is 14.3 Å². The van der Waals surface area contributed by atoms with Crippen LogP contribution in [0, 0.1) is 0 Å². The fraction of sp³-hybridized carbons (Fsp3) is 0.211. The monoisotopic (exact) mass is 377 g/mol. The van der Waals surface area contributed by atoms with Crippen molar-refractivity contribution in [2.24, 2.45) is 0 Å². The van der Waals surface area contributed by atoms with Crippen LogP contribution < -0.4 is 9.47 Å². The number of likely N-dealkylation sites (N-methyl/N-ethyl adjacent to an activating group) is 1. The van der Waals surface area contributed by atoms with Crippen LogP contribution in [0.4, 0.5) is 0 Å². The second kappa shape index (κ2) is 7.38. The van der Waals surface area contributed by atoms with Crippen molar-refractivity contribution in [2.75, 3.05) is 13.8 Å². The van der Waals surface area contributed by atoms with E-state index in [9.17, 15) is 4.79 Å². The van der Waals surface area contributed by atoms with Gasteiger partial charge in [0.1, 0.15) is 0 Å². The number of benzene rings is 2. The smallest absolute Gasteiger partial charge is 0.246 e. The Morgan fingerprint density at radius 3 is 2.64 bits per heavy atom. The van der Waals surface area contributed by atoms with Crippen LogP contribution in [0.15, 0.2) is 42.5 Å². The standard InChI is InChI=1S/C19H17Cl2NO3/c1-12(14-4-6-15(20)7-5-14)22(2)18(23)8-3-13-9-16(21)19-17(10-13)24-11-25-19/h3-10,12H,11H2,1-2H3/b8-3+. The first kappa shape index (κ1) is 17.6. The van der Waals surface area contributed by atoms with Crippen LogP contribution in [0.5, 0.6) is 11.5 Å². The lowest BCUT2D eigenvalue weighted by Gasteiger charge is -2.24. The predicted molar refractivity (Wildman–Crippen MR) is 99.2 cm³/mol. The maximum absolute atomic E-state index is 12.4. The van der Waals surface area contributed by atoms with Gasteiger partial charge in [0.15, 0.2) is 11.5 Å². The van der Waals surface area contributed by atoms with Gasteiger partial charge in [-0.3, -0.25) is 4.79 Å². The van der Waals surface area contributed by atoms with E-state index in [-0.39, 0.29) is 18.7 Å². The highest BCUT2D eigenvalue weighted by Gasteiger charge is 2.18. The molecule has 25 heavy (non-hydrogen) atoms. The van der Waals surface area contributed by atoms with Crippen LogP contribution in [-0.2, 0) is 4.79 Å². The summed E-state index contributed by atoms with van der Waals surface area (Å²) >= 11 is 12.1. The van der Waals surface area contributed by atoms with Crippen molar-refractivity contribution in [1.82, 2.24) is 4.90 Å². The first-order chi connectivity index (χ1) is 12.0. The maximum Gasteiger partial charge on any atom is 0.246 e. The zero-order valence-corrected chi connectivity index (χ0v) is 15.3. The molecule has 0 saturated heterocycles. The van der Waals surface area contributed by atoms with E-state index in [0.717, 1.165) is 11.1 Å². The number of hydrogen-bond acceptors (Lipinski definition) is 3. The number of hydrogen-bond donors (Lipinski definition) is 0. The molecular weight excluding hydrogens is 361 g/mol. The van der Waals surface area contributed by atoms with Gasteiger partial charge in [-0.1, -0.05) is 35.3 Å². The lowest BCUT2D eigenvalue weighted by atomic mass is 10.1. The topological polar surface area (TPSA) is 38.8 Å². The molecule has 4 nitrogen and oxygen atoms in total. The molecule has 0 aliphatic carbocycles. The maximum atomic E-state index is 12.4. The minimum atomic E-state index is -0.115. The number of fused-ring (bicyclic) bond motifs is 1. The van der Waals surface area contributed by atoms with Gasteiger partial charge in [0.2, 0.25) is 12.7 Å². The summed E-state index contributed by atoms with van der Waals surface area (Å²) in [5, 5.41) is 1.13. The Morgan fingerprint density at radius 1 is 1.20 bits per heavy atom. The van der Waals surface area contributed by atoms with Crippen LogP contribution in [-0.4, -0.2) is 24.6 Å². The molecule has 2 aromatic carbocycles. The third-order valence-electron chi connectivity index (χ3n) is 4.15. The van der Waals surface area contributed by atoms with Gasteiger partial charge in [0, 0.05) is 18.1 Å². The summed E-state index contributed by atoms with van der Waals surface area (Å²) in [7, 11) is 1.76. The average Bonchev–Trinajstić information content (AvgIpc) is 3.08. The van der Waals surface area contributed by atoms with E-state index in [1.807, 2.05) is 31.2 Å². The minimum Gasteiger partial charge on any atom is -0.454 e. The van der Waals surface area contributed by atoms with Crippen molar-refractivity contribution in [3.63, 3.8) is 0 Å². The van der Waals surface area contributed by atoms with Gasteiger partial charge in [-0.25, -0.2) is 0 Å². The van der Waals surface area contributed by atoms with Gasteiger partial charge in [-0.05, 0) is 48.4 Å². The zero-order chi connectivity index (χ0) is 18.0. The molecule has 0 fully saturated rings. The van der Waals surface area contributed by atoms with E-state index in [4.69, 9.17) is 32.7 Å². The summed E-state index contributed by atoms with van der Waals surface area (Å²) in [5.41, 5.74) is 1.79. The summed E-state index contributed by atoms with van der Waals surface area (Å²) in [6, 6.07) is 10.9. The Kier molecular flexibility index (Phi) is 5.21. The van der Waals surface area contributed by atoms with Crippen molar-refractivity contribution in [1.29, 1.82) is 0 Å². The second-order valence-electron chi connectivity index (χ2n) is 5.75. The molecule has 0 saturated carbocycles. The summed E-state index contributed by atoms with van der Waals surface area (Å²) in [6.45, 7) is 2.12. The zero-order valence-electron chi connectivity index (χ0n) is 13.8. The molecule has 3 rings (SSSR count). The SMILES string of the molecule is CC(c1ccc(Cl)cc1)N(C)C(=O)/C=C/c1cc(Cl)c2c(c1)OCO2. The van der Waals surface area contributed by atoms with Gasteiger partial charge in [-0.15, -0.1) is 0 Å². The third kappa shape index (κ3) is 3.91. The number of carbonyl (C=O) groups excluding carboxylic acids is 1. The molecule has 0 N–H and O–H groups in total. The van der Waals surface area contributed by atoms with Gasteiger partial charge >= 0.3 is 0 Å². The van der Waals surface area contributed by atoms with Crippen LogP contribution >= 0.6 is 23.2 Å². The van der Waals surface area contributed by atoms with E-state index in [1.165, 1.54) is 6.08 Å². The number of rotatable bonds is 4. The minimum absolute atomic E-state index is 0.0743. The Labute approximate surface area is 156 Å². The summed E-state index contributed by atoms with van der Waals surface area (Å²) in [5.74, 6) is 1.01. The highest BCUT2D eigenvalue weighted by molar-refractivity contribution is 6.32. The average molecular weight is 378 g/mol. The van der Waals surface area contributed by atoms with Crippen LogP contribution in [0.25, 0.3) is 6.08 Å². The van der Waals surface area contributed by atoms with E-state index in [1.54, 1.807) is 30.2 Å². The quantitative estimate of drug-likeness (QED) is 0.707. The van der Waals surface area contributed by atoms with Crippen molar-refractivity contribution in [3.05, 3.63) is 63.6 Å². The number of amides is 1. The predicted octanol–water partition coefficient (Wildman–Crippen LogP) is 4.95. The normalized spacial score (nSPS) is 13.9. The molecular formula is C19H17Cl2NO3. The summed E-state index contributed by atoms with van der Waals surface area (Å²) in [4.78, 5) is 14.1. The van der Waals surface area contributed by atoms with Crippen molar-refractivity contribution in [2.45, 2.75) is 13.0 Å². The lowest BCUT2D eigenvalue weighted by molar-refractivity contribution is -0.126. The number of carbonyl (C=O) groups is 1. The molecule has 6 heteroatoms. The van der Waals surface area contributed by atoms with E-state index in [0.29, 0.717) is 21.5 Å². The number of nitrogens with zero attached hydrogens (tertiary/aromatic N) is 1. The van der Waals surface area contributed by atoms with Crippen LogP contribution in [0.2, 0.25) is 10.0 Å². The van der Waals surface area contributed by atoms with E-state index < -0.39 is 0 Å². The molecule has 0 bridgehead atoms. The number of halogens is 2. The van der Waals surface area contributed by atoms with Crippen molar-refractivity contribution >= 4 is 35.2 Å². The summed E-state index contributed by atoms with van der Waals surface area (Å²) in [6.07, 6.45) is 3.22. The molecule has 0 spiro atoms. The van der Waals surface area contributed by atoms with Gasteiger partial charge in [0.25, 0.3) is 0 Å². The fourth-order valence-corrected chi connectivity index (χ4v) is 2.92. The number of ether oxygens (including phenoxy) is 2. The first-order valence-electron chi connectivity index (χ1n) is 7.75. The highest BCUT2D eigenvalue weighted by atomic mass is 35.5. The van der Waals surface area contributed by atoms with Gasteiger partial charge < -0.3 is 14.4 Å². The molecule has 1 atom stereocenters.